The molecular weight excluding hydrogens is 510 g/mol. The first-order valence-corrected chi connectivity index (χ1v) is 13.6. The van der Waals surface area contributed by atoms with Crippen LogP contribution in [0.2, 0.25) is 0 Å². The van der Waals surface area contributed by atoms with Gasteiger partial charge in [-0.2, -0.15) is 0 Å². The molecule has 1 fully saturated rings. The van der Waals surface area contributed by atoms with Crippen LogP contribution in [0.25, 0.3) is 5.76 Å². The first-order chi connectivity index (χ1) is 19.3. The lowest BCUT2D eigenvalue weighted by Gasteiger charge is -2.26. The van der Waals surface area contributed by atoms with E-state index in [1.165, 1.54) is 4.90 Å². The molecule has 2 heterocycles. The maximum atomic E-state index is 13.4. The molecule has 0 saturated carbocycles. The second kappa shape index (κ2) is 13.2. The molecular formula is C31H37N3O6. The summed E-state index contributed by atoms with van der Waals surface area (Å²) in [5.74, 6) is 0.476. The van der Waals surface area contributed by atoms with Gasteiger partial charge in [0.1, 0.15) is 11.5 Å². The number of carbonyl (C=O) groups excluding carboxylic acids is 2. The van der Waals surface area contributed by atoms with Crippen LogP contribution in [0.15, 0.2) is 66.8 Å². The SMILES string of the molecule is CCOc1cccc(C(O)=C2C(=O)C(=O)N(CCCn3ccnc3)C2c2ccc(OCCC(C)C)c(OC)c2)c1. The van der Waals surface area contributed by atoms with Gasteiger partial charge in [0, 0.05) is 31.0 Å². The van der Waals surface area contributed by atoms with Gasteiger partial charge in [-0.1, -0.05) is 32.0 Å². The Labute approximate surface area is 235 Å². The highest BCUT2D eigenvalue weighted by Crippen LogP contribution is 2.42. The van der Waals surface area contributed by atoms with Crippen molar-refractivity contribution in [2.24, 2.45) is 5.92 Å². The molecule has 2 aromatic carbocycles. The number of aliphatic hydroxyl groups excluding tert-OH is 1. The predicted octanol–water partition coefficient (Wildman–Crippen LogP) is 5.23. The Morgan fingerprint density at radius 3 is 2.60 bits per heavy atom. The molecule has 40 heavy (non-hydrogen) atoms. The molecule has 0 aliphatic carbocycles. The maximum absolute atomic E-state index is 13.4. The lowest BCUT2D eigenvalue weighted by atomic mass is 9.95. The minimum atomic E-state index is -0.808. The van der Waals surface area contributed by atoms with E-state index in [1.807, 2.05) is 23.8 Å². The summed E-state index contributed by atoms with van der Waals surface area (Å²) >= 11 is 0. The van der Waals surface area contributed by atoms with E-state index in [4.69, 9.17) is 14.2 Å². The van der Waals surface area contributed by atoms with E-state index < -0.39 is 17.7 Å². The summed E-state index contributed by atoms with van der Waals surface area (Å²) < 4.78 is 19.1. The number of likely N-dealkylation sites (tertiary alicyclic amines) is 1. The third-order valence-electron chi connectivity index (χ3n) is 6.79. The molecule has 4 rings (SSSR count). The molecule has 9 heteroatoms. The van der Waals surface area contributed by atoms with Gasteiger partial charge in [0.05, 0.1) is 38.3 Å². The van der Waals surface area contributed by atoms with Crippen LogP contribution >= 0.6 is 0 Å². The minimum Gasteiger partial charge on any atom is -0.507 e. The molecule has 0 bridgehead atoms. The molecule has 1 saturated heterocycles. The Bertz CT molecular complexity index is 1350. The van der Waals surface area contributed by atoms with Crippen LogP contribution in [0.1, 0.15) is 50.8 Å². The summed E-state index contributed by atoms with van der Waals surface area (Å²) in [7, 11) is 1.55. The zero-order valence-corrected chi connectivity index (χ0v) is 23.5. The monoisotopic (exact) mass is 547 g/mol. The summed E-state index contributed by atoms with van der Waals surface area (Å²) in [6, 6.07) is 11.4. The molecule has 1 aliphatic rings. The van der Waals surface area contributed by atoms with Crippen molar-refractivity contribution in [3.05, 3.63) is 77.9 Å². The number of ketones is 1. The maximum Gasteiger partial charge on any atom is 0.295 e. The average molecular weight is 548 g/mol. The number of imidazole rings is 1. The topological polar surface area (TPSA) is 103 Å². The number of Topliss-reactive ketones (excluding diaryl/α,β-unsaturated/α-hetero) is 1. The average Bonchev–Trinajstić information content (AvgIpc) is 3.55. The van der Waals surface area contributed by atoms with E-state index in [0.717, 1.165) is 6.42 Å². The van der Waals surface area contributed by atoms with Gasteiger partial charge in [0.25, 0.3) is 11.7 Å². The fraction of sp³-hybridized carbons (Fsp3) is 0.387. The van der Waals surface area contributed by atoms with Gasteiger partial charge in [0.15, 0.2) is 11.5 Å². The second-order valence-corrected chi connectivity index (χ2v) is 10.0. The summed E-state index contributed by atoms with van der Waals surface area (Å²) in [6.07, 6.45) is 6.73. The number of aliphatic hydroxyl groups is 1. The van der Waals surface area contributed by atoms with Crippen LogP contribution in [0, 0.1) is 5.92 Å². The largest absolute Gasteiger partial charge is 0.507 e. The molecule has 1 amide bonds. The number of carbonyl (C=O) groups is 2. The van der Waals surface area contributed by atoms with Crippen molar-refractivity contribution in [3.8, 4) is 17.2 Å². The predicted molar refractivity (Wildman–Crippen MR) is 151 cm³/mol. The molecule has 1 unspecified atom stereocenters. The zero-order chi connectivity index (χ0) is 28.6. The second-order valence-electron chi connectivity index (χ2n) is 10.0. The molecule has 1 N–H and O–H groups in total. The molecule has 1 atom stereocenters. The Balaban J connectivity index is 1.73. The molecule has 0 radical (unpaired) electrons. The van der Waals surface area contributed by atoms with Crippen molar-refractivity contribution in [1.29, 1.82) is 0 Å². The van der Waals surface area contributed by atoms with Crippen LogP contribution < -0.4 is 14.2 Å². The highest BCUT2D eigenvalue weighted by atomic mass is 16.5. The van der Waals surface area contributed by atoms with E-state index in [2.05, 4.69) is 18.8 Å². The molecule has 3 aromatic rings. The van der Waals surface area contributed by atoms with E-state index in [0.29, 0.717) is 67.0 Å². The molecule has 212 valence electrons. The lowest BCUT2D eigenvalue weighted by molar-refractivity contribution is -0.139. The zero-order valence-electron chi connectivity index (χ0n) is 23.5. The minimum absolute atomic E-state index is 0.0248. The first kappa shape index (κ1) is 28.7. The Hall–Kier alpha value is -4.27. The Morgan fingerprint density at radius 1 is 1.07 bits per heavy atom. The Morgan fingerprint density at radius 2 is 1.90 bits per heavy atom. The van der Waals surface area contributed by atoms with Crippen LogP contribution in [-0.4, -0.2) is 58.1 Å². The van der Waals surface area contributed by atoms with Crippen molar-refractivity contribution in [1.82, 2.24) is 14.5 Å². The summed E-state index contributed by atoms with van der Waals surface area (Å²) in [5, 5.41) is 11.4. The van der Waals surface area contributed by atoms with Crippen LogP contribution in [0.4, 0.5) is 0 Å². The number of hydrogen-bond acceptors (Lipinski definition) is 7. The van der Waals surface area contributed by atoms with Gasteiger partial charge in [0.2, 0.25) is 0 Å². The van der Waals surface area contributed by atoms with Gasteiger partial charge in [-0.05, 0) is 55.5 Å². The molecule has 0 spiro atoms. The van der Waals surface area contributed by atoms with E-state index in [-0.39, 0.29) is 11.3 Å². The van der Waals surface area contributed by atoms with E-state index >= 15 is 0 Å². The number of aryl methyl sites for hydroxylation is 1. The normalized spacial score (nSPS) is 16.5. The number of methoxy groups -OCH3 is 1. The first-order valence-electron chi connectivity index (χ1n) is 13.6. The number of amides is 1. The van der Waals surface area contributed by atoms with Crippen molar-refractivity contribution in [3.63, 3.8) is 0 Å². The lowest BCUT2D eigenvalue weighted by Crippen LogP contribution is -2.31. The number of nitrogens with zero attached hydrogens (tertiary/aromatic N) is 3. The fourth-order valence-corrected chi connectivity index (χ4v) is 4.73. The van der Waals surface area contributed by atoms with Gasteiger partial charge < -0.3 is 28.8 Å². The highest BCUT2D eigenvalue weighted by Gasteiger charge is 2.46. The van der Waals surface area contributed by atoms with Crippen LogP contribution in [0.5, 0.6) is 17.2 Å². The summed E-state index contributed by atoms with van der Waals surface area (Å²) in [6.45, 7) is 8.04. The summed E-state index contributed by atoms with van der Waals surface area (Å²) in [5.41, 5.74) is 1.06. The van der Waals surface area contributed by atoms with E-state index in [1.54, 1.807) is 56.0 Å². The van der Waals surface area contributed by atoms with Crippen LogP contribution in [0.3, 0.4) is 0 Å². The summed E-state index contributed by atoms with van der Waals surface area (Å²) in [4.78, 5) is 32.4. The standard InChI is InChI=1S/C31H37N3O6/c1-5-39-24-9-6-8-23(18-24)29(35)27-28(22-10-11-25(26(19-22)38-4)40-17-12-21(2)3)34(31(37)30(27)36)15-7-14-33-16-13-32-20-33/h6,8-11,13,16,18-21,28,35H,5,7,12,14-15,17H2,1-4H3. The highest BCUT2D eigenvalue weighted by molar-refractivity contribution is 6.46. The number of ether oxygens (including phenoxy) is 3. The van der Waals surface area contributed by atoms with Crippen LogP contribution in [-0.2, 0) is 16.1 Å². The molecule has 9 nitrogen and oxygen atoms in total. The smallest absolute Gasteiger partial charge is 0.295 e. The number of benzene rings is 2. The fourth-order valence-electron chi connectivity index (χ4n) is 4.73. The van der Waals surface area contributed by atoms with Gasteiger partial charge in [-0.15, -0.1) is 0 Å². The Kier molecular flexibility index (Phi) is 9.47. The van der Waals surface area contributed by atoms with E-state index in [9.17, 15) is 14.7 Å². The molecule has 1 aromatic heterocycles. The van der Waals surface area contributed by atoms with Crippen molar-refractivity contribution in [2.75, 3.05) is 26.9 Å². The quantitative estimate of drug-likeness (QED) is 0.178. The van der Waals surface area contributed by atoms with Crippen molar-refractivity contribution >= 4 is 17.4 Å². The third-order valence-corrected chi connectivity index (χ3v) is 6.79. The number of rotatable bonds is 13. The third kappa shape index (κ3) is 6.47. The van der Waals surface area contributed by atoms with Crippen molar-refractivity contribution in [2.45, 2.75) is 46.2 Å². The van der Waals surface area contributed by atoms with Gasteiger partial charge in [-0.25, -0.2) is 4.98 Å². The van der Waals surface area contributed by atoms with Gasteiger partial charge >= 0.3 is 0 Å². The molecule has 1 aliphatic heterocycles. The number of aromatic nitrogens is 2. The van der Waals surface area contributed by atoms with Gasteiger partial charge in [-0.3, -0.25) is 9.59 Å². The van der Waals surface area contributed by atoms with Crippen molar-refractivity contribution < 1.29 is 28.9 Å². The number of hydrogen-bond donors (Lipinski definition) is 1.